The molecule has 0 radical (unpaired) electrons. The van der Waals surface area contributed by atoms with Gasteiger partial charge in [0.15, 0.2) is 0 Å². The van der Waals surface area contributed by atoms with Gasteiger partial charge >= 0.3 is 0 Å². The third-order valence-corrected chi connectivity index (χ3v) is 11.6. The molecular formula is C32H43NO4. The molecule has 3 aliphatic carbocycles. The smallest absolute Gasteiger partial charge is 0.127 e. The lowest BCUT2D eigenvalue weighted by Gasteiger charge is -2.62. The van der Waals surface area contributed by atoms with E-state index in [1.165, 1.54) is 34.2 Å². The highest BCUT2D eigenvalue weighted by molar-refractivity contribution is 5.86. The monoisotopic (exact) mass is 505 g/mol. The van der Waals surface area contributed by atoms with E-state index in [9.17, 15) is 5.11 Å². The minimum atomic E-state index is -0.682. The molecule has 2 saturated heterocycles. The van der Waals surface area contributed by atoms with Crippen LogP contribution in [0.25, 0.3) is 10.9 Å². The molecule has 1 aromatic heterocycles. The van der Waals surface area contributed by atoms with Crippen LogP contribution in [0.1, 0.15) is 78.5 Å². The predicted molar refractivity (Wildman–Crippen MR) is 145 cm³/mol. The molecular weight excluding hydrogens is 462 g/mol. The van der Waals surface area contributed by atoms with Gasteiger partial charge in [-0.3, -0.25) is 0 Å². The van der Waals surface area contributed by atoms with Gasteiger partial charge in [-0.2, -0.15) is 0 Å². The first-order valence-corrected chi connectivity index (χ1v) is 14.4. The Hall–Kier alpha value is -1.66. The maximum absolute atomic E-state index is 11.6. The highest BCUT2D eigenvalue weighted by Gasteiger charge is 2.80. The molecule has 37 heavy (non-hydrogen) atoms. The first-order chi connectivity index (χ1) is 17.5. The number of fused-ring (bicyclic) bond motifs is 7. The van der Waals surface area contributed by atoms with Gasteiger partial charge in [-0.05, 0) is 88.7 Å². The topological polar surface area (TPSA) is 67.0 Å². The molecule has 0 amide bonds. The fraction of sp³-hybridized carbons (Fsp3) is 0.688. The summed E-state index contributed by atoms with van der Waals surface area (Å²) in [6.45, 7) is 13.8. The van der Waals surface area contributed by atoms with Crippen molar-refractivity contribution in [2.75, 3.05) is 6.61 Å². The summed E-state index contributed by atoms with van der Waals surface area (Å²) in [6, 6.07) is 8.80. The van der Waals surface area contributed by atoms with Crippen molar-refractivity contribution >= 4 is 10.9 Å². The first-order valence-electron chi connectivity index (χ1n) is 14.4. The van der Waals surface area contributed by atoms with Crippen LogP contribution >= 0.6 is 0 Å². The number of benzene rings is 1. The van der Waals surface area contributed by atoms with Gasteiger partial charge in [0, 0.05) is 22.0 Å². The summed E-state index contributed by atoms with van der Waals surface area (Å²) in [7, 11) is 0. The number of para-hydroxylation sites is 1. The van der Waals surface area contributed by atoms with Gasteiger partial charge in [0.05, 0.1) is 18.3 Å². The van der Waals surface area contributed by atoms with Gasteiger partial charge < -0.3 is 24.3 Å². The highest BCUT2D eigenvalue weighted by atomic mass is 16.7. The summed E-state index contributed by atoms with van der Waals surface area (Å²) in [6.07, 6.45) is 6.44. The van der Waals surface area contributed by atoms with Gasteiger partial charge in [-0.25, -0.2) is 0 Å². The third-order valence-electron chi connectivity index (χ3n) is 11.6. The first kappa shape index (κ1) is 24.4. The lowest BCUT2D eigenvalue weighted by molar-refractivity contribution is -0.232. The van der Waals surface area contributed by atoms with Crippen LogP contribution in [-0.2, 0) is 26.0 Å². The number of epoxide rings is 1. The molecule has 200 valence electrons. The number of rotatable bonds is 4. The fourth-order valence-corrected chi connectivity index (χ4v) is 9.47. The summed E-state index contributed by atoms with van der Waals surface area (Å²) >= 11 is 0. The normalized spacial score (nSPS) is 43.9. The van der Waals surface area contributed by atoms with E-state index in [1.54, 1.807) is 0 Å². The molecule has 2 saturated carbocycles. The van der Waals surface area contributed by atoms with E-state index < -0.39 is 17.8 Å². The number of allylic oxidation sites excluding steroid dienone is 1. The van der Waals surface area contributed by atoms with Crippen LogP contribution in [0.3, 0.4) is 0 Å². The van der Waals surface area contributed by atoms with Crippen LogP contribution < -0.4 is 0 Å². The molecule has 7 rings (SSSR count). The van der Waals surface area contributed by atoms with Crippen LogP contribution in [0.4, 0.5) is 0 Å². The molecule has 3 heterocycles. The Morgan fingerprint density at radius 2 is 1.97 bits per heavy atom. The zero-order chi connectivity index (χ0) is 26.0. The molecule has 1 aromatic carbocycles. The number of aromatic nitrogens is 1. The summed E-state index contributed by atoms with van der Waals surface area (Å²) in [5.74, 6) is 1.02. The number of nitrogens with one attached hydrogen (secondary N) is 1. The summed E-state index contributed by atoms with van der Waals surface area (Å²) in [5.41, 5.74) is 4.66. The van der Waals surface area contributed by atoms with Gasteiger partial charge in [0.1, 0.15) is 23.9 Å². The second kappa shape index (κ2) is 7.71. The maximum Gasteiger partial charge on any atom is 0.127 e. The van der Waals surface area contributed by atoms with Crippen molar-refractivity contribution < 1.29 is 19.3 Å². The lowest BCUT2D eigenvalue weighted by atomic mass is 9.43. The van der Waals surface area contributed by atoms with Crippen LogP contribution in [-0.4, -0.2) is 52.3 Å². The lowest BCUT2D eigenvalue weighted by Crippen LogP contribution is -2.68. The summed E-state index contributed by atoms with van der Waals surface area (Å²) in [5, 5.41) is 13.0. The molecule has 2 aliphatic heterocycles. The van der Waals surface area contributed by atoms with Crippen LogP contribution in [0.15, 0.2) is 35.9 Å². The number of aliphatic hydroxyl groups excluding tert-OH is 1. The Balaban J connectivity index is 1.21. The fourth-order valence-electron chi connectivity index (χ4n) is 9.47. The second-order valence-electron chi connectivity index (χ2n) is 13.8. The molecule has 5 nitrogen and oxygen atoms in total. The molecule has 9 atom stereocenters. The van der Waals surface area contributed by atoms with E-state index in [0.717, 1.165) is 25.7 Å². The third kappa shape index (κ3) is 3.00. The van der Waals surface area contributed by atoms with Gasteiger partial charge in [0.2, 0.25) is 0 Å². The SMILES string of the molecule is CC(C)=CCOC(C)(C)[C@H]1O[C@H]2CC[C@@]3(C)[C@@H](CC[C@H]4Cc5c([nH]c6ccccc56)[C@@]43C)C23O[C@@H]3[C@@H]1O. The Kier molecular flexibility index (Phi) is 5.08. The Bertz CT molecular complexity index is 1270. The van der Waals surface area contributed by atoms with E-state index in [2.05, 4.69) is 63.0 Å². The van der Waals surface area contributed by atoms with Gasteiger partial charge in [-0.15, -0.1) is 0 Å². The number of aromatic amines is 1. The summed E-state index contributed by atoms with van der Waals surface area (Å²) < 4.78 is 19.7. The average molecular weight is 506 g/mol. The molecule has 5 heteroatoms. The standard InChI is InChI=1S/C32H43NO4/c1-18(2)14-16-35-29(3,4)27-25(34)28-32(37-28)23-12-11-19-17-21-20-9-7-8-10-22(20)33-26(21)31(19,6)30(23,5)15-13-24(32)36-27/h7-10,14,19,23-25,27-28,33-34H,11-13,15-17H2,1-6H3/t19-,23+,24-,25+,27-,28+,30-,31+,32?/m0/s1. The quantitative estimate of drug-likeness (QED) is 0.405. The second-order valence-corrected chi connectivity index (χ2v) is 13.8. The minimum absolute atomic E-state index is 0.0130. The number of H-pyrrole nitrogens is 1. The number of ether oxygens (including phenoxy) is 3. The summed E-state index contributed by atoms with van der Waals surface area (Å²) in [4.78, 5) is 3.89. The predicted octanol–water partition coefficient (Wildman–Crippen LogP) is 5.84. The molecule has 4 fully saturated rings. The van der Waals surface area contributed by atoms with E-state index in [1.807, 2.05) is 13.8 Å². The highest BCUT2D eigenvalue weighted by Crippen LogP contribution is 2.73. The molecule has 0 bridgehead atoms. The van der Waals surface area contributed by atoms with Crippen molar-refractivity contribution in [2.45, 2.75) is 115 Å². The van der Waals surface area contributed by atoms with E-state index in [-0.39, 0.29) is 28.6 Å². The van der Waals surface area contributed by atoms with Crippen molar-refractivity contribution in [2.24, 2.45) is 17.3 Å². The molecule has 1 spiro atoms. The minimum Gasteiger partial charge on any atom is -0.387 e. The molecule has 2 N–H and O–H groups in total. The van der Waals surface area contributed by atoms with E-state index in [4.69, 9.17) is 14.2 Å². The average Bonchev–Trinajstić information content (AvgIpc) is 3.38. The largest absolute Gasteiger partial charge is 0.387 e. The maximum atomic E-state index is 11.6. The van der Waals surface area contributed by atoms with Crippen molar-refractivity contribution in [3.8, 4) is 0 Å². The zero-order valence-electron chi connectivity index (χ0n) is 23.3. The number of hydrogen-bond donors (Lipinski definition) is 2. The Morgan fingerprint density at radius 1 is 1.19 bits per heavy atom. The number of aliphatic hydroxyl groups is 1. The van der Waals surface area contributed by atoms with Crippen LogP contribution in [0, 0.1) is 17.3 Å². The van der Waals surface area contributed by atoms with Crippen molar-refractivity contribution in [1.82, 2.24) is 4.98 Å². The van der Waals surface area contributed by atoms with Gasteiger partial charge in [0.25, 0.3) is 0 Å². The Labute approximate surface area is 220 Å². The number of hydrogen-bond acceptors (Lipinski definition) is 4. The van der Waals surface area contributed by atoms with Crippen molar-refractivity contribution in [1.29, 1.82) is 0 Å². The van der Waals surface area contributed by atoms with Crippen molar-refractivity contribution in [3.63, 3.8) is 0 Å². The van der Waals surface area contributed by atoms with Crippen molar-refractivity contribution in [3.05, 3.63) is 47.2 Å². The molecule has 1 unspecified atom stereocenters. The molecule has 2 aromatic rings. The van der Waals surface area contributed by atoms with E-state index in [0.29, 0.717) is 18.4 Å². The van der Waals surface area contributed by atoms with Crippen LogP contribution in [0.5, 0.6) is 0 Å². The van der Waals surface area contributed by atoms with Crippen LogP contribution in [0.2, 0.25) is 0 Å². The van der Waals surface area contributed by atoms with E-state index >= 15 is 0 Å². The zero-order valence-corrected chi connectivity index (χ0v) is 23.3. The molecule has 5 aliphatic rings. The van der Waals surface area contributed by atoms with Gasteiger partial charge in [-0.1, -0.05) is 43.7 Å². The Morgan fingerprint density at radius 3 is 2.76 bits per heavy atom.